The molecule has 96 valence electrons. The molecule has 0 atom stereocenters. The van der Waals surface area contributed by atoms with Crippen molar-refractivity contribution in [3.63, 3.8) is 0 Å². The van der Waals surface area contributed by atoms with Crippen LogP contribution in [0.15, 0.2) is 12.4 Å². The fraction of sp³-hybridized carbons (Fsp3) is 0.462. The average Bonchev–Trinajstić information content (AvgIpc) is 2.92. The van der Waals surface area contributed by atoms with Crippen LogP contribution in [0.1, 0.15) is 41.2 Å². The maximum absolute atomic E-state index is 11.2. The summed E-state index contributed by atoms with van der Waals surface area (Å²) in [6.45, 7) is 4.73. The van der Waals surface area contributed by atoms with Crippen molar-refractivity contribution in [3.8, 4) is 0 Å². The van der Waals surface area contributed by atoms with E-state index >= 15 is 0 Å². The van der Waals surface area contributed by atoms with Crippen LogP contribution in [0.25, 0.3) is 0 Å². The number of carbonyl (C=O) groups is 1. The molecular weight excluding hydrogens is 228 g/mol. The van der Waals surface area contributed by atoms with E-state index in [0.717, 1.165) is 41.6 Å². The summed E-state index contributed by atoms with van der Waals surface area (Å²) in [5, 5.41) is 8.67. The van der Waals surface area contributed by atoms with Crippen molar-refractivity contribution in [3.05, 3.63) is 34.9 Å². The predicted octanol–water partition coefficient (Wildman–Crippen LogP) is 1.60. The van der Waals surface area contributed by atoms with E-state index in [1.807, 2.05) is 38.0 Å². The molecular formula is C13H18N4O. The first-order chi connectivity index (χ1) is 8.69. The van der Waals surface area contributed by atoms with Gasteiger partial charge in [-0.3, -0.25) is 14.2 Å². The first kappa shape index (κ1) is 12.5. The fourth-order valence-corrected chi connectivity index (χ4v) is 2.19. The second-order valence-electron chi connectivity index (χ2n) is 4.31. The molecule has 0 aliphatic heterocycles. The zero-order valence-corrected chi connectivity index (χ0v) is 11.1. The Labute approximate surface area is 106 Å². The molecule has 0 N–H and O–H groups in total. The van der Waals surface area contributed by atoms with Gasteiger partial charge >= 0.3 is 0 Å². The van der Waals surface area contributed by atoms with Gasteiger partial charge in [-0.2, -0.15) is 10.2 Å². The lowest BCUT2D eigenvalue weighted by atomic mass is 10.1. The molecule has 0 bridgehead atoms. The van der Waals surface area contributed by atoms with E-state index < -0.39 is 0 Å². The van der Waals surface area contributed by atoms with Gasteiger partial charge < -0.3 is 0 Å². The van der Waals surface area contributed by atoms with Crippen molar-refractivity contribution >= 4 is 6.29 Å². The van der Waals surface area contributed by atoms with Crippen LogP contribution in [0.4, 0.5) is 0 Å². The summed E-state index contributed by atoms with van der Waals surface area (Å²) in [5.41, 5.74) is 3.73. The quantitative estimate of drug-likeness (QED) is 0.753. The van der Waals surface area contributed by atoms with E-state index in [-0.39, 0.29) is 0 Å². The van der Waals surface area contributed by atoms with Crippen molar-refractivity contribution in [2.75, 3.05) is 0 Å². The summed E-state index contributed by atoms with van der Waals surface area (Å²) in [4.78, 5) is 11.2. The Morgan fingerprint density at radius 2 is 2.11 bits per heavy atom. The van der Waals surface area contributed by atoms with Gasteiger partial charge in [-0.25, -0.2) is 0 Å². The average molecular weight is 246 g/mol. The minimum absolute atomic E-state index is 0.665. The number of carbonyl (C=O) groups excluding carboxylic acids is 1. The van der Waals surface area contributed by atoms with Crippen LogP contribution in [0.5, 0.6) is 0 Å². The molecule has 2 heterocycles. The highest BCUT2D eigenvalue weighted by atomic mass is 16.1. The molecule has 0 saturated heterocycles. The molecule has 0 aromatic carbocycles. The molecule has 18 heavy (non-hydrogen) atoms. The van der Waals surface area contributed by atoms with E-state index in [2.05, 4.69) is 10.2 Å². The van der Waals surface area contributed by atoms with Crippen LogP contribution in [-0.2, 0) is 26.4 Å². The Morgan fingerprint density at radius 3 is 2.61 bits per heavy atom. The van der Waals surface area contributed by atoms with Gasteiger partial charge in [-0.05, 0) is 12.8 Å². The Morgan fingerprint density at radius 1 is 1.33 bits per heavy atom. The van der Waals surface area contributed by atoms with Crippen molar-refractivity contribution in [1.82, 2.24) is 19.6 Å². The number of rotatable bonds is 5. The molecule has 0 aliphatic rings. The number of aromatic nitrogens is 4. The van der Waals surface area contributed by atoms with Gasteiger partial charge in [0.2, 0.25) is 0 Å². The van der Waals surface area contributed by atoms with Crippen LogP contribution in [0, 0.1) is 0 Å². The third kappa shape index (κ3) is 2.20. The SMILES string of the molecule is CCc1nn(Cc2cnn(C)c2)c(CC)c1C=O. The molecule has 2 aromatic heterocycles. The zero-order valence-electron chi connectivity index (χ0n) is 11.1. The maximum Gasteiger partial charge on any atom is 0.153 e. The molecule has 0 fully saturated rings. The standard InChI is InChI=1S/C13H18N4O/c1-4-12-11(9-18)13(5-2)17(15-12)8-10-6-14-16(3)7-10/h6-7,9H,4-5,8H2,1-3H3. The summed E-state index contributed by atoms with van der Waals surface area (Å²) in [6, 6.07) is 0. The summed E-state index contributed by atoms with van der Waals surface area (Å²) < 4.78 is 3.69. The summed E-state index contributed by atoms with van der Waals surface area (Å²) in [7, 11) is 1.89. The summed E-state index contributed by atoms with van der Waals surface area (Å²) in [5.74, 6) is 0. The first-order valence-electron chi connectivity index (χ1n) is 6.20. The molecule has 0 radical (unpaired) electrons. The highest BCUT2D eigenvalue weighted by molar-refractivity contribution is 5.78. The molecule has 2 rings (SSSR count). The number of hydrogen-bond donors (Lipinski definition) is 0. The van der Waals surface area contributed by atoms with Crippen molar-refractivity contribution in [2.45, 2.75) is 33.2 Å². The van der Waals surface area contributed by atoms with Crippen LogP contribution in [0.2, 0.25) is 0 Å². The maximum atomic E-state index is 11.2. The smallest absolute Gasteiger partial charge is 0.153 e. The van der Waals surface area contributed by atoms with E-state index in [1.165, 1.54) is 0 Å². The van der Waals surface area contributed by atoms with Gasteiger partial charge in [-0.1, -0.05) is 13.8 Å². The van der Waals surface area contributed by atoms with E-state index in [4.69, 9.17) is 0 Å². The minimum atomic E-state index is 0.665. The van der Waals surface area contributed by atoms with Gasteiger partial charge in [0, 0.05) is 24.5 Å². The summed E-state index contributed by atoms with van der Waals surface area (Å²) >= 11 is 0. The van der Waals surface area contributed by atoms with Crippen molar-refractivity contribution in [2.24, 2.45) is 7.05 Å². The lowest BCUT2D eigenvalue weighted by Crippen LogP contribution is -2.06. The number of nitrogens with zero attached hydrogens (tertiary/aromatic N) is 4. The highest BCUT2D eigenvalue weighted by Crippen LogP contribution is 2.15. The van der Waals surface area contributed by atoms with Gasteiger partial charge in [0.15, 0.2) is 6.29 Å². The molecule has 2 aromatic rings. The van der Waals surface area contributed by atoms with Crippen LogP contribution in [0.3, 0.4) is 0 Å². The monoisotopic (exact) mass is 246 g/mol. The molecule has 5 heteroatoms. The fourth-order valence-electron chi connectivity index (χ4n) is 2.19. The lowest BCUT2D eigenvalue weighted by molar-refractivity contribution is 0.112. The largest absolute Gasteiger partial charge is 0.298 e. The third-order valence-electron chi connectivity index (χ3n) is 3.05. The Bertz CT molecular complexity index is 553. The number of hydrogen-bond acceptors (Lipinski definition) is 3. The highest BCUT2D eigenvalue weighted by Gasteiger charge is 2.15. The Balaban J connectivity index is 2.37. The normalized spacial score (nSPS) is 10.8. The topological polar surface area (TPSA) is 52.7 Å². The summed E-state index contributed by atoms with van der Waals surface area (Å²) in [6.07, 6.45) is 6.30. The molecule has 0 saturated carbocycles. The molecule has 0 spiro atoms. The van der Waals surface area contributed by atoms with E-state index in [9.17, 15) is 4.79 Å². The molecule has 0 unspecified atom stereocenters. The van der Waals surface area contributed by atoms with Crippen molar-refractivity contribution < 1.29 is 4.79 Å². The number of aryl methyl sites for hydroxylation is 2. The second-order valence-corrected chi connectivity index (χ2v) is 4.31. The Kier molecular flexibility index (Phi) is 3.60. The van der Waals surface area contributed by atoms with Crippen LogP contribution >= 0.6 is 0 Å². The Hall–Kier alpha value is -1.91. The lowest BCUT2D eigenvalue weighted by Gasteiger charge is -2.04. The van der Waals surface area contributed by atoms with Gasteiger partial charge in [0.05, 0.1) is 24.0 Å². The zero-order chi connectivity index (χ0) is 13.1. The molecule has 0 amide bonds. The first-order valence-corrected chi connectivity index (χ1v) is 6.20. The van der Waals surface area contributed by atoms with Gasteiger partial charge in [-0.15, -0.1) is 0 Å². The minimum Gasteiger partial charge on any atom is -0.298 e. The van der Waals surface area contributed by atoms with Crippen molar-refractivity contribution in [1.29, 1.82) is 0 Å². The van der Waals surface area contributed by atoms with Gasteiger partial charge in [0.1, 0.15) is 0 Å². The third-order valence-corrected chi connectivity index (χ3v) is 3.05. The van der Waals surface area contributed by atoms with Crippen LogP contribution in [-0.4, -0.2) is 25.8 Å². The predicted molar refractivity (Wildman–Crippen MR) is 68.7 cm³/mol. The molecule has 0 aliphatic carbocycles. The molecule has 5 nitrogen and oxygen atoms in total. The van der Waals surface area contributed by atoms with Crippen LogP contribution < -0.4 is 0 Å². The van der Waals surface area contributed by atoms with E-state index in [0.29, 0.717) is 6.54 Å². The number of aldehydes is 1. The van der Waals surface area contributed by atoms with E-state index in [1.54, 1.807) is 4.68 Å². The van der Waals surface area contributed by atoms with Gasteiger partial charge in [0.25, 0.3) is 0 Å². The second kappa shape index (κ2) is 5.16.